The first kappa shape index (κ1) is 20.2. The number of methoxy groups -OCH3 is 1. The summed E-state index contributed by atoms with van der Waals surface area (Å²) in [5.41, 5.74) is 2.34. The lowest BCUT2D eigenvalue weighted by Gasteiger charge is -2.09. The smallest absolute Gasteiger partial charge is 0.221 e. The number of nitrogens with one attached hydrogen (secondary N) is 1. The predicted octanol–water partition coefficient (Wildman–Crippen LogP) is 2.54. The maximum absolute atomic E-state index is 12.5. The van der Waals surface area contributed by atoms with Gasteiger partial charge in [0.1, 0.15) is 18.1 Å². The maximum Gasteiger partial charge on any atom is 0.221 e. The summed E-state index contributed by atoms with van der Waals surface area (Å²) in [6.07, 6.45) is 2.94. The molecule has 1 aliphatic rings. The van der Waals surface area contributed by atoms with Crippen molar-refractivity contribution < 1.29 is 22.7 Å². The Bertz CT molecular complexity index is 922. The number of hydrogen-bond donors (Lipinski definition) is 1. The number of amides is 1. The van der Waals surface area contributed by atoms with E-state index in [1.807, 2.05) is 6.07 Å². The van der Waals surface area contributed by atoms with E-state index >= 15 is 0 Å². The highest BCUT2D eigenvalue weighted by atomic mass is 32.2. The average Bonchev–Trinajstić information content (AvgIpc) is 3.18. The standard InChI is InChI=1S/C21H25NO5S/c1-26-18-6-8-19(9-7-18)27-13-12-22-21(23)11-14-28(24,25)20-10-5-16-3-2-4-17(16)15-20/h5-10,15H,2-4,11-14H2,1H3,(H,22,23). The van der Waals surface area contributed by atoms with E-state index in [2.05, 4.69) is 5.32 Å². The highest BCUT2D eigenvalue weighted by Gasteiger charge is 2.19. The molecule has 1 N–H and O–H groups in total. The van der Waals surface area contributed by atoms with E-state index in [1.165, 1.54) is 5.56 Å². The summed E-state index contributed by atoms with van der Waals surface area (Å²) in [5, 5.41) is 2.69. The molecule has 0 unspecified atom stereocenters. The number of hydrogen-bond acceptors (Lipinski definition) is 5. The molecule has 0 fully saturated rings. The summed E-state index contributed by atoms with van der Waals surface area (Å²) in [7, 11) is -1.87. The quantitative estimate of drug-likeness (QED) is 0.651. The number of fused-ring (bicyclic) bond motifs is 1. The summed E-state index contributed by atoms with van der Waals surface area (Å²) in [6.45, 7) is 0.611. The van der Waals surface area contributed by atoms with Gasteiger partial charge in [0.15, 0.2) is 9.84 Å². The zero-order chi connectivity index (χ0) is 20.0. The van der Waals surface area contributed by atoms with Crippen LogP contribution >= 0.6 is 0 Å². The first-order valence-corrected chi connectivity index (χ1v) is 11.0. The minimum absolute atomic E-state index is 0.0675. The molecule has 2 aromatic rings. The number of carbonyl (C=O) groups is 1. The molecule has 0 aliphatic heterocycles. The van der Waals surface area contributed by atoms with Crippen LogP contribution in [0, 0.1) is 0 Å². The van der Waals surface area contributed by atoms with Gasteiger partial charge in [0.25, 0.3) is 0 Å². The van der Waals surface area contributed by atoms with Crippen molar-refractivity contribution in [3.63, 3.8) is 0 Å². The van der Waals surface area contributed by atoms with Crippen LogP contribution in [0.25, 0.3) is 0 Å². The molecule has 0 saturated heterocycles. The van der Waals surface area contributed by atoms with Crippen molar-refractivity contribution in [3.05, 3.63) is 53.6 Å². The lowest BCUT2D eigenvalue weighted by Crippen LogP contribution is -2.29. The minimum atomic E-state index is -3.46. The van der Waals surface area contributed by atoms with Crippen molar-refractivity contribution in [2.75, 3.05) is 26.0 Å². The van der Waals surface area contributed by atoms with Gasteiger partial charge in [0.05, 0.1) is 24.3 Å². The molecule has 28 heavy (non-hydrogen) atoms. The van der Waals surface area contributed by atoms with Crippen LogP contribution in [0.2, 0.25) is 0 Å². The van der Waals surface area contributed by atoms with Gasteiger partial charge in [-0.25, -0.2) is 8.42 Å². The van der Waals surface area contributed by atoms with Crippen molar-refractivity contribution >= 4 is 15.7 Å². The molecule has 0 bridgehead atoms. The molecule has 0 saturated carbocycles. The zero-order valence-electron chi connectivity index (χ0n) is 15.9. The Morgan fingerprint density at radius 2 is 1.75 bits per heavy atom. The third kappa shape index (κ3) is 5.25. The Morgan fingerprint density at radius 3 is 2.50 bits per heavy atom. The second-order valence-electron chi connectivity index (χ2n) is 6.73. The lowest BCUT2D eigenvalue weighted by atomic mass is 10.1. The van der Waals surface area contributed by atoms with Gasteiger partial charge >= 0.3 is 0 Å². The van der Waals surface area contributed by atoms with Crippen molar-refractivity contribution in [1.29, 1.82) is 0 Å². The molecular formula is C21H25NO5S. The number of benzene rings is 2. The molecular weight excluding hydrogens is 378 g/mol. The van der Waals surface area contributed by atoms with Gasteiger partial charge in [0, 0.05) is 6.42 Å². The highest BCUT2D eigenvalue weighted by Crippen LogP contribution is 2.25. The summed E-state index contributed by atoms with van der Waals surface area (Å²) in [4.78, 5) is 12.3. The normalized spacial score (nSPS) is 13.0. The molecule has 1 aliphatic carbocycles. The van der Waals surface area contributed by atoms with Crippen molar-refractivity contribution in [3.8, 4) is 11.5 Å². The van der Waals surface area contributed by atoms with E-state index in [-0.39, 0.29) is 18.1 Å². The van der Waals surface area contributed by atoms with E-state index < -0.39 is 9.84 Å². The molecule has 150 valence electrons. The second-order valence-corrected chi connectivity index (χ2v) is 8.84. The van der Waals surface area contributed by atoms with Gasteiger partial charge in [-0.15, -0.1) is 0 Å². The molecule has 3 rings (SSSR count). The molecule has 7 heteroatoms. The van der Waals surface area contributed by atoms with Crippen LogP contribution in [0.4, 0.5) is 0 Å². The summed E-state index contributed by atoms with van der Waals surface area (Å²) < 4.78 is 35.6. The average molecular weight is 404 g/mol. The molecule has 0 spiro atoms. The van der Waals surface area contributed by atoms with Gasteiger partial charge < -0.3 is 14.8 Å². The molecule has 1 amide bonds. The predicted molar refractivity (Wildman–Crippen MR) is 107 cm³/mol. The Morgan fingerprint density at radius 1 is 1.04 bits per heavy atom. The Kier molecular flexibility index (Phi) is 6.57. The van der Waals surface area contributed by atoms with E-state index in [0.717, 1.165) is 30.6 Å². The number of sulfone groups is 1. The topological polar surface area (TPSA) is 81.7 Å². The fourth-order valence-electron chi connectivity index (χ4n) is 3.21. The summed E-state index contributed by atoms with van der Waals surface area (Å²) >= 11 is 0. The first-order valence-electron chi connectivity index (χ1n) is 9.36. The van der Waals surface area contributed by atoms with E-state index in [1.54, 1.807) is 43.5 Å². The third-order valence-corrected chi connectivity index (χ3v) is 6.49. The zero-order valence-corrected chi connectivity index (χ0v) is 16.8. The highest BCUT2D eigenvalue weighted by molar-refractivity contribution is 7.91. The molecule has 0 radical (unpaired) electrons. The van der Waals surface area contributed by atoms with E-state index in [0.29, 0.717) is 23.8 Å². The summed E-state index contributed by atoms with van der Waals surface area (Å²) in [5.74, 6) is 0.916. The van der Waals surface area contributed by atoms with Crippen molar-refractivity contribution in [2.24, 2.45) is 0 Å². The first-order chi connectivity index (χ1) is 13.5. The van der Waals surface area contributed by atoms with Crippen LogP contribution in [0.5, 0.6) is 11.5 Å². The molecule has 0 atom stereocenters. The second kappa shape index (κ2) is 9.10. The number of rotatable bonds is 9. The third-order valence-electron chi connectivity index (χ3n) is 4.78. The molecule has 0 heterocycles. The Labute approximate surface area is 165 Å². The number of ether oxygens (including phenoxy) is 2. The van der Waals surface area contributed by atoms with Crippen LogP contribution < -0.4 is 14.8 Å². The minimum Gasteiger partial charge on any atom is -0.497 e. The molecule has 2 aromatic carbocycles. The number of aryl methyl sites for hydroxylation is 2. The Balaban J connectivity index is 1.41. The van der Waals surface area contributed by atoms with E-state index in [9.17, 15) is 13.2 Å². The van der Waals surface area contributed by atoms with Crippen molar-refractivity contribution in [1.82, 2.24) is 5.32 Å². The van der Waals surface area contributed by atoms with Gasteiger partial charge in [-0.2, -0.15) is 0 Å². The largest absolute Gasteiger partial charge is 0.497 e. The van der Waals surface area contributed by atoms with Gasteiger partial charge in [0.2, 0.25) is 5.91 Å². The summed E-state index contributed by atoms with van der Waals surface area (Å²) in [6, 6.07) is 12.5. The van der Waals surface area contributed by atoms with Crippen molar-refractivity contribution in [2.45, 2.75) is 30.6 Å². The molecule has 0 aromatic heterocycles. The maximum atomic E-state index is 12.5. The van der Waals surface area contributed by atoms with Crippen LogP contribution in [0.15, 0.2) is 47.4 Å². The van der Waals surface area contributed by atoms with E-state index in [4.69, 9.17) is 9.47 Å². The van der Waals surface area contributed by atoms with Crippen LogP contribution in [-0.4, -0.2) is 40.3 Å². The number of carbonyl (C=O) groups excluding carboxylic acids is 1. The Hall–Kier alpha value is -2.54. The van der Waals surface area contributed by atoms with Crippen LogP contribution in [0.1, 0.15) is 24.0 Å². The molecule has 6 nitrogen and oxygen atoms in total. The van der Waals surface area contributed by atoms with Gasteiger partial charge in [-0.1, -0.05) is 6.07 Å². The van der Waals surface area contributed by atoms with Crippen LogP contribution in [0.3, 0.4) is 0 Å². The monoisotopic (exact) mass is 403 g/mol. The fourth-order valence-corrected chi connectivity index (χ4v) is 4.49. The van der Waals surface area contributed by atoms with Gasteiger partial charge in [-0.05, 0) is 66.8 Å². The fraction of sp³-hybridized carbons (Fsp3) is 0.381. The lowest BCUT2D eigenvalue weighted by molar-refractivity contribution is -0.120. The SMILES string of the molecule is COc1ccc(OCCNC(=O)CCS(=O)(=O)c2ccc3c(c2)CCC3)cc1. The van der Waals surface area contributed by atoms with Crippen LogP contribution in [-0.2, 0) is 27.5 Å². The van der Waals surface area contributed by atoms with Gasteiger partial charge in [-0.3, -0.25) is 4.79 Å².